The Bertz CT molecular complexity index is 1530. The maximum atomic E-state index is 14.2. The summed E-state index contributed by atoms with van der Waals surface area (Å²) in [4.78, 5) is 37.1. The number of halogens is 1. The lowest BCUT2D eigenvalue weighted by Crippen LogP contribution is -2.29. The molecule has 0 atom stereocenters. The summed E-state index contributed by atoms with van der Waals surface area (Å²) >= 11 is 0. The van der Waals surface area contributed by atoms with E-state index in [1.165, 1.54) is 25.3 Å². The van der Waals surface area contributed by atoms with E-state index >= 15 is 0 Å². The lowest BCUT2D eigenvalue weighted by atomic mass is 10.1. The number of methoxy groups -OCH3 is 1. The maximum absolute atomic E-state index is 14.2. The molecular weight excluding hydrogens is 501 g/mol. The average molecular weight is 532 g/mol. The number of likely N-dealkylation sites (N-methyl/N-ethyl adjacent to an activating group) is 2. The van der Waals surface area contributed by atoms with Crippen molar-refractivity contribution in [1.82, 2.24) is 19.4 Å². The van der Waals surface area contributed by atoms with E-state index < -0.39 is 5.82 Å². The van der Waals surface area contributed by atoms with Crippen molar-refractivity contribution in [2.75, 3.05) is 56.9 Å². The van der Waals surface area contributed by atoms with Gasteiger partial charge in [-0.25, -0.2) is 9.37 Å². The monoisotopic (exact) mass is 531 g/mol. The van der Waals surface area contributed by atoms with Crippen LogP contribution < -0.4 is 20.3 Å². The molecule has 2 heterocycles. The highest BCUT2D eigenvalue weighted by Gasteiger charge is 2.17. The predicted molar refractivity (Wildman–Crippen MR) is 151 cm³/mol. The third kappa shape index (κ3) is 6.04. The summed E-state index contributed by atoms with van der Waals surface area (Å²) in [7, 11) is 7.31. The highest BCUT2D eigenvalue weighted by atomic mass is 19.1. The van der Waals surface area contributed by atoms with Gasteiger partial charge in [-0.15, -0.1) is 0 Å². The van der Waals surface area contributed by atoms with Gasteiger partial charge in [0.1, 0.15) is 17.4 Å². The second kappa shape index (κ2) is 11.7. The molecule has 2 aromatic heterocycles. The first-order chi connectivity index (χ1) is 18.7. The van der Waals surface area contributed by atoms with Gasteiger partial charge in [-0.2, -0.15) is 4.98 Å². The minimum Gasteiger partial charge on any atom is -0.496 e. The number of nitrogens with zero attached hydrogens (tertiary/aromatic N) is 5. The lowest BCUT2D eigenvalue weighted by molar-refractivity contribution is -0.111. The summed E-state index contributed by atoms with van der Waals surface area (Å²) in [5.41, 5.74) is 2.49. The number of ether oxygens (including phenoxy) is 1. The number of carbonyl (C=O) groups is 2. The standard InChI is InChI=1S/C28H30FN7O3/c1-6-27(38)31-22-16-21(18(17-37)13-24(22)35(4)12-11-34(2)3)32-28-30-9-7-26(33-28)36-10-8-20-23(36)14-19(29)15-25(20)39-5/h6-10,13-17H,1,11-12H2,2-5H3,(H,31,38)(H,30,32,33). The number of fused-ring (bicyclic) bond motifs is 1. The zero-order chi connectivity index (χ0) is 28.1. The fourth-order valence-electron chi connectivity index (χ4n) is 4.09. The number of anilines is 4. The second-order valence-electron chi connectivity index (χ2n) is 9.08. The van der Waals surface area contributed by atoms with Gasteiger partial charge in [-0.1, -0.05) is 6.58 Å². The number of rotatable bonds is 11. The minimum atomic E-state index is -0.438. The van der Waals surface area contributed by atoms with E-state index in [1.807, 2.05) is 37.0 Å². The summed E-state index contributed by atoms with van der Waals surface area (Å²) in [6, 6.07) is 9.58. The molecule has 39 heavy (non-hydrogen) atoms. The van der Waals surface area contributed by atoms with Gasteiger partial charge >= 0.3 is 0 Å². The number of hydrogen-bond acceptors (Lipinski definition) is 8. The molecule has 2 aromatic carbocycles. The average Bonchev–Trinajstić information content (AvgIpc) is 3.35. The summed E-state index contributed by atoms with van der Waals surface area (Å²) in [5, 5.41) is 6.63. The summed E-state index contributed by atoms with van der Waals surface area (Å²) in [6.07, 6.45) is 5.22. The van der Waals surface area contributed by atoms with Crippen molar-refractivity contribution in [1.29, 1.82) is 0 Å². The summed E-state index contributed by atoms with van der Waals surface area (Å²) < 4.78 is 21.3. The fourth-order valence-corrected chi connectivity index (χ4v) is 4.09. The predicted octanol–water partition coefficient (Wildman–Crippen LogP) is 4.25. The number of hydrogen-bond donors (Lipinski definition) is 2. The molecule has 10 nitrogen and oxygen atoms in total. The van der Waals surface area contributed by atoms with Gasteiger partial charge in [0.05, 0.1) is 29.7 Å². The van der Waals surface area contributed by atoms with Crippen molar-refractivity contribution in [3.8, 4) is 11.6 Å². The van der Waals surface area contributed by atoms with Gasteiger partial charge in [-0.05, 0) is 50.5 Å². The number of aromatic nitrogens is 3. The molecule has 0 saturated carbocycles. The minimum absolute atomic E-state index is 0.204. The van der Waals surface area contributed by atoms with Gasteiger partial charge in [0.25, 0.3) is 0 Å². The maximum Gasteiger partial charge on any atom is 0.247 e. The van der Waals surface area contributed by atoms with Crippen LogP contribution >= 0.6 is 0 Å². The van der Waals surface area contributed by atoms with Crippen LogP contribution in [0.4, 0.5) is 27.4 Å². The van der Waals surface area contributed by atoms with Crippen LogP contribution in [0.5, 0.6) is 5.75 Å². The van der Waals surface area contributed by atoms with Gasteiger partial charge in [0, 0.05) is 49.5 Å². The first-order valence-electron chi connectivity index (χ1n) is 12.1. The van der Waals surface area contributed by atoms with Gasteiger partial charge in [0.15, 0.2) is 6.29 Å². The van der Waals surface area contributed by atoms with E-state index in [9.17, 15) is 14.0 Å². The zero-order valence-corrected chi connectivity index (χ0v) is 22.2. The fraction of sp³-hybridized carbons (Fsp3) is 0.214. The normalized spacial score (nSPS) is 10.9. The Morgan fingerprint density at radius 1 is 1.15 bits per heavy atom. The van der Waals surface area contributed by atoms with Gasteiger partial charge in [0.2, 0.25) is 11.9 Å². The third-order valence-corrected chi connectivity index (χ3v) is 6.12. The van der Waals surface area contributed by atoms with Crippen molar-refractivity contribution in [3.63, 3.8) is 0 Å². The molecule has 0 saturated heterocycles. The van der Waals surface area contributed by atoms with Crippen LogP contribution in [-0.4, -0.2) is 73.0 Å². The highest BCUT2D eigenvalue weighted by Crippen LogP contribution is 2.33. The molecule has 0 spiro atoms. The van der Waals surface area contributed by atoms with Crippen molar-refractivity contribution < 1.29 is 18.7 Å². The first kappa shape index (κ1) is 27.3. The van der Waals surface area contributed by atoms with Crippen LogP contribution in [0.25, 0.3) is 16.7 Å². The molecule has 1 amide bonds. The molecule has 0 aliphatic rings. The SMILES string of the molecule is C=CC(=O)Nc1cc(Nc2nccc(-n3ccc4c(OC)cc(F)cc43)n2)c(C=O)cc1N(C)CCN(C)C. The molecule has 0 fully saturated rings. The zero-order valence-electron chi connectivity index (χ0n) is 22.2. The van der Waals surface area contributed by atoms with Crippen LogP contribution in [0.2, 0.25) is 0 Å². The largest absolute Gasteiger partial charge is 0.496 e. The number of nitrogens with one attached hydrogen (secondary N) is 2. The summed E-state index contributed by atoms with van der Waals surface area (Å²) in [6.45, 7) is 4.96. The molecule has 4 aromatic rings. The number of aldehydes is 1. The first-order valence-corrected chi connectivity index (χ1v) is 12.1. The van der Waals surface area contributed by atoms with Crippen molar-refractivity contribution in [2.24, 2.45) is 0 Å². The molecule has 4 rings (SSSR count). The molecule has 11 heteroatoms. The van der Waals surface area contributed by atoms with Crippen molar-refractivity contribution in [2.45, 2.75) is 0 Å². The molecule has 0 aliphatic carbocycles. The topological polar surface area (TPSA) is 105 Å². The Morgan fingerprint density at radius 2 is 1.95 bits per heavy atom. The van der Waals surface area contributed by atoms with Crippen LogP contribution in [0, 0.1) is 5.82 Å². The number of benzene rings is 2. The van der Waals surface area contributed by atoms with E-state index in [4.69, 9.17) is 4.74 Å². The van der Waals surface area contributed by atoms with E-state index in [0.29, 0.717) is 46.3 Å². The Hall–Kier alpha value is -4.77. The van der Waals surface area contributed by atoms with Crippen LogP contribution in [-0.2, 0) is 4.79 Å². The molecule has 2 N–H and O–H groups in total. The van der Waals surface area contributed by atoms with Crippen molar-refractivity contribution >= 4 is 46.1 Å². The lowest BCUT2D eigenvalue weighted by Gasteiger charge is -2.25. The second-order valence-corrected chi connectivity index (χ2v) is 9.08. The Kier molecular flexibility index (Phi) is 8.21. The van der Waals surface area contributed by atoms with Gasteiger partial charge in [-0.3, -0.25) is 9.59 Å². The van der Waals surface area contributed by atoms with Crippen molar-refractivity contribution in [3.05, 3.63) is 72.8 Å². The van der Waals surface area contributed by atoms with Crippen LogP contribution in [0.3, 0.4) is 0 Å². The molecular formula is C28H30FN7O3. The number of carbonyl (C=O) groups excluding carboxylic acids is 2. The van der Waals surface area contributed by atoms with E-state index in [2.05, 4.69) is 27.2 Å². The van der Waals surface area contributed by atoms with Crippen LogP contribution in [0.1, 0.15) is 10.4 Å². The van der Waals surface area contributed by atoms with E-state index in [1.54, 1.807) is 35.2 Å². The number of amides is 1. The highest BCUT2D eigenvalue weighted by molar-refractivity contribution is 6.03. The molecule has 0 aliphatic heterocycles. The van der Waals surface area contributed by atoms with Gasteiger partial charge < -0.3 is 29.7 Å². The molecule has 202 valence electrons. The van der Waals surface area contributed by atoms with E-state index in [0.717, 1.165) is 18.2 Å². The third-order valence-electron chi connectivity index (χ3n) is 6.12. The molecule has 0 bridgehead atoms. The summed E-state index contributed by atoms with van der Waals surface area (Å²) in [5.74, 6) is 0.268. The Balaban J connectivity index is 1.72. The molecule has 0 unspecified atom stereocenters. The molecule has 0 radical (unpaired) electrons. The quantitative estimate of drug-likeness (QED) is 0.219. The van der Waals surface area contributed by atoms with Crippen LogP contribution in [0.15, 0.2) is 61.4 Å². The van der Waals surface area contributed by atoms with E-state index in [-0.39, 0.29) is 11.9 Å². The Morgan fingerprint density at radius 3 is 2.64 bits per heavy atom. The Labute approximate surface area is 225 Å². The smallest absolute Gasteiger partial charge is 0.247 e.